The van der Waals surface area contributed by atoms with E-state index in [-0.39, 0.29) is 31.1 Å². The standard InChI is InChI=1S/C26H24N2O4S2/c1-16-9-14-21(17(2)15-16)23(29)24-22(27)25(26(33-24)28-18-7-5-4-6-8-18)34(30,31)20-12-10-19(32-3)11-13-20/h4-15,28H,27H2,1-3H3. The highest BCUT2D eigenvalue weighted by Gasteiger charge is 2.32. The quantitative estimate of drug-likeness (QED) is 0.318. The lowest BCUT2D eigenvalue weighted by Crippen LogP contribution is -2.09. The van der Waals surface area contributed by atoms with E-state index < -0.39 is 9.84 Å². The molecule has 0 aliphatic rings. The Morgan fingerprint density at radius 2 is 1.65 bits per heavy atom. The molecule has 0 spiro atoms. The number of sulfone groups is 1. The van der Waals surface area contributed by atoms with Gasteiger partial charge >= 0.3 is 0 Å². The van der Waals surface area contributed by atoms with E-state index in [9.17, 15) is 13.2 Å². The number of carbonyl (C=O) groups excluding carboxylic acids is 1. The Bertz CT molecular complexity index is 1460. The van der Waals surface area contributed by atoms with E-state index in [4.69, 9.17) is 10.5 Å². The van der Waals surface area contributed by atoms with Gasteiger partial charge in [0.2, 0.25) is 15.6 Å². The highest BCUT2D eigenvalue weighted by Crippen LogP contribution is 2.44. The van der Waals surface area contributed by atoms with Crippen molar-refractivity contribution in [1.82, 2.24) is 0 Å². The van der Waals surface area contributed by atoms with Crippen molar-refractivity contribution in [1.29, 1.82) is 0 Å². The molecule has 0 amide bonds. The minimum absolute atomic E-state index is 0.0550. The van der Waals surface area contributed by atoms with Crippen molar-refractivity contribution in [2.75, 3.05) is 18.2 Å². The maximum atomic E-state index is 13.7. The van der Waals surface area contributed by atoms with Crippen LogP contribution in [0.3, 0.4) is 0 Å². The Labute approximate surface area is 202 Å². The number of para-hydroxylation sites is 1. The van der Waals surface area contributed by atoms with Crippen LogP contribution in [0.5, 0.6) is 5.75 Å². The van der Waals surface area contributed by atoms with E-state index >= 15 is 0 Å². The van der Waals surface area contributed by atoms with E-state index in [1.54, 1.807) is 18.2 Å². The fourth-order valence-electron chi connectivity index (χ4n) is 3.66. The van der Waals surface area contributed by atoms with Gasteiger partial charge in [0.05, 0.1) is 17.7 Å². The zero-order chi connectivity index (χ0) is 24.5. The van der Waals surface area contributed by atoms with Gasteiger partial charge in [-0.15, -0.1) is 11.3 Å². The van der Waals surface area contributed by atoms with Crippen molar-refractivity contribution in [3.8, 4) is 5.75 Å². The second kappa shape index (κ2) is 9.32. The van der Waals surface area contributed by atoms with Gasteiger partial charge in [0, 0.05) is 11.3 Å². The maximum absolute atomic E-state index is 13.7. The zero-order valence-corrected chi connectivity index (χ0v) is 20.6. The van der Waals surface area contributed by atoms with Gasteiger partial charge in [-0.3, -0.25) is 4.79 Å². The third-order valence-corrected chi connectivity index (χ3v) is 8.51. The largest absolute Gasteiger partial charge is 0.497 e. The van der Waals surface area contributed by atoms with Crippen molar-refractivity contribution in [2.24, 2.45) is 0 Å². The van der Waals surface area contributed by atoms with Gasteiger partial charge < -0.3 is 15.8 Å². The molecule has 0 radical (unpaired) electrons. The fraction of sp³-hybridized carbons (Fsp3) is 0.115. The number of thiophene rings is 1. The minimum atomic E-state index is -4.04. The number of hydrogen-bond donors (Lipinski definition) is 2. The van der Waals surface area contributed by atoms with Crippen LogP contribution < -0.4 is 15.8 Å². The molecule has 1 aromatic heterocycles. The summed E-state index contributed by atoms with van der Waals surface area (Å²) in [6, 6.07) is 20.7. The Balaban J connectivity index is 1.88. The Morgan fingerprint density at radius 1 is 0.971 bits per heavy atom. The molecule has 0 aliphatic carbocycles. The van der Waals surface area contributed by atoms with Crippen LogP contribution in [-0.2, 0) is 9.84 Å². The second-order valence-corrected chi connectivity index (χ2v) is 10.7. The number of carbonyl (C=O) groups is 1. The van der Waals surface area contributed by atoms with Crippen LogP contribution in [0.15, 0.2) is 82.6 Å². The van der Waals surface area contributed by atoms with Crippen LogP contribution in [0, 0.1) is 13.8 Å². The molecule has 8 heteroatoms. The zero-order valence-electron chi connectivity index (χ0n) is 19.0. The van der Waals surface area contributed by atoms with Gasteiger partial charge in [-0.2, -0.15) is 0 Å². The van der Waals surface area contributed by atoms with E-state index in [1.165, 1.54) is 19.2 Å². The Morgan fingerprint density at radius 3 is 2.26 bits per heavy atom. The summed E-state index contributed by atoms with van der Waals surface area (Å²) in [6.07, 6.45) is 0. The number of rotatable bonds is 7. The number of aryl methyl sites for hydroxylation is 2. The number of methoxy groups -OCH3 is 1. The molecule has 0 bridgehead atoms. The molecule has 0 unspecified atom stereocenters. The van der Waals surface area contributed by atoms with Crippen LogP contribution in [-0.4, -0.2) is 21.3 Å². The topological polar surface area (TPSA) is 98.5 Å². The summed E-state index contributed by atoms with van der Waals surface area (Å²) in [5.74, 6) is 0.220. The summed E-state index contributed by atoms with van der Waals surface area (Å²) < 4.78 is 32.5. The highest BCUT2D eigenvalue weighted by atomic mass is 32.2. The van der Waals surface area contributed by atoms with Gasteiger partial charge in [0.1, 0.15) is 20.5 Å². The normalized spacial score (nSPS) is 11.3. The van der Waals surface area contributed by atoms with Gasteiger partial charge in [0.15, 0.2) is 0 Å². The van der Waals surface area contributed by atoms with Crippen LogP contribution in [0.2, 0.25) is 0 Å². The van der Waals surface area contributed by atoms with Gasteiger partial charge in [-0.1, -0.05) is 42.0 Å². The van der Waals surface area contributed by atoms with Crippen LogP contribution in [0.1, 0.15) is 26.4 Å². The summed E-state index contributed by atoms with van der Waals surface area (Å²) >= 11 is 1.04. The first-order chi connectivity index (χ1) is 16.2. The van der Waals surface area contributed by atoms with E-state index in [0.29, 0.717) is 17.0 Å². The second-order valence-electron chi connectivity index (χ2n) is 7.82. The van der Waals surface area contributed by atoms with Crippen molar-refractivity contribution in [3.63, 3.8) is 0 Å². The first-order valence-electron chi connectivity index (χ1n) is 10.5. The van der Waals surface area contributed by atoms with E-state index in [0.717, 1.165) is 22.5 Å². The number of nitrogen functional groups attached to an aromatic ring is 1. The molecule has 0 saturated carbocycles. The molecule has 0 saturated heterocycles. The molecule has 3 aromatic carbocycles. The average molecular weight is 493 g/mol. The average Bonchev–Trinajstić information content (AvgIpc) is 3.15. The monoisotopic (exact) mass is 492 g/mol. The third-order valence-electron chi connectivity index (χ3n) is 5.40. The van der Waals surface area contributed by atoms with E-state index in [2.05, 4.69) is 5.32 Å². The number of anilines is 3. The van der Waals surface area contributed by atoms with Crippen molar-refractivity contribution in [3.05, 3.63) is 94.4 Å². The van der Waals surface area contributed by atoms with Gasteiger partial charge in [-0.05, 0) is 55.8 Å². The Kier molecular flexibility index (Phi) is 6.45. The van der Waals surface area contributed by atoms with Gasteiger partial charge in [0.25, 0.3) is 0 Å². The molecule has 0 aliphatic heterocycles. The van der Waals surface area contributed by atoms with Gasteiger partial charge in [-0.25, -0.2) is 8.42 Å². The van der Waals surface area contributed by atoms with Crippen LogP contribution in [0.25, 0.3) is 0 Å². The lowest BCUT2D eigenvalue weighted by molar-refractivity contribution is 0.104. The number of ether oxygens (including phenoxy) is 1. The smallest absolute Gasteiger partial charge is 0.211 e. The summed E-state index contributed by atoms with van der Waals surface area (Å²) in [5, 5.41) is 3.43. The predicted octanol–water partition coefficient (Wildman–Crippen LogP) is 5.76. The third kappa shape index (κ3) is 4.42. The molecule has 4 aromatic rings. The lowest BCUT2D eigenvalue weighted by Gasteiger charge is -2.10. The number of ketones is 1. The molecule has 6 nitrogen and oxygen atoms in total. The summed E-state index contributed by atoms with van der Waals surface area (Å²) in [5.41, 5.74) is 9.33. The first kappa shape index (κ1) is 23.5. The summed E-state index contributed by atoms with van der Waals surface area (Å²) in [7, 11) is -2.53. The fourth-order valence-corrected chi connectivity index (χ4v) is 6.59. The number of hydrogen-bond acceptors (Lipinski definition) is 7. The van der Waals surface area contributed by atoms with Crippen LogP contribution >= 0.6 is 11.3 Å². The maximum Gasteiger partial charge on any atom is 0.211 e. The molecule has 0 fully saturated rings. The van der Waals surface area contributed by atoms with Crippen molar-refractivity contribution in [2.45, 2.75) is 23.6 Å². The van der Waals surface area contributed by atoms with Crippen molar-refractivity contribution < 1.29 is 17.9 Å². The molecule has 0 atom stereocenters. The molecule has 174 valence electrons. The lowest BCUT2D eigenvalue weighted by atomic mass is 10.0. The summed E-state index contributed by atoms with van der Waals surface area (Å²) in [6.45, 7) is 3.80. The molecule has 34 heavy (non-hydrogen) atoms. The molecule has 4 rings (SSSR count). The first-order valence-corrected chi connectivity index (χ1v) is 12.8. The van der Waals surface area contributed by atoms with Crippen LogP contribution in [0.4, 0.5) is 16.4 Å². The Hall–Kier alpha value is -3.62. The van der Waals surface area contributed by atoms with Crippen molar-refractivity contribution >= 4 is 43.3 Å². The SMILES string of the molecule is COc1ccc(S(=O)(=O)c2c(Nc3ccccc3)sc(C(=O)c3ccc(C)cc3C)c2N)cc1. The highest BCUT2D eigenvalue weighted by molar-refractivity contribution is 7.92. The predicted molar refractivity (Wildman–Crippen MR) is 136 cm³/mol. The molecule has 1 heterocycles. The molecular formula is C26H24N2O4S2. The molecule has 3 N–H and O–H groups in total. The van der Waals surface area contributed by atoms with E-state index in [1.807, 2.05) is 56.3 Å². The summed E-state index contributed by atoms with van der Waals surface area (Å²) in [4.78, 5) is 13.6. The molecular weight excluding hydrogens is 468 g/mol. The number of nitrogens with two attached hydrogens (primary N) is 1. The number of nitrogens with one attached hydrogen (secondary N) is 1. The number of benzene rings is 3. The minimum Gasteiger partial charge on any atom is -0.497 e.